The lowest BCUT2D eigenvalue weighted by Crippen LogP contribution is -2.37. The van der Waals surface area contributed by atoms with E-state index in [1.165, 1.54) is 19.9 Å². The summed E-state index contributed by atoms with van der Waals surface area (Å²) in [5, 5.41) is 7.29. The van der Waals surface area contributed by atoms with Gasteiger partial charge in [-0.15, -0.1) is 5.10 Å². The van der Waals surface area contributed by atoms with Crippen LogP contribution in [0.25, 0.3) is 16.8 Å². The van der Waals surface area contributed by atoms with Gasteiger partial charge in [0.1, 0.15) is 17.1 Å². The summed E-state index contributed by atoms with van der Waals surface area (Å²) in [4.78, 5) is 23.7. The molecular weight excluding hydrogens is 525 g/mol. The molecule has 1 saturated heterocycles. The van der Waals surface area contributed by atoms with E-state index < -0.39 is 23.6 Å². The smallest absolute Gasteiger partial charge is 0.293 e. The highest BCUT2D eigenvalue weighted by Crippen LogP contribution is 2.39. The number of pyridine rings is 1. The van der Waals surface area contributed by atoms with E-state index in [0.29, 0.717) is 49.0 Å². The summed E-state index contributed by atoms with van der Waals surface area (Å²) in [5.41, 5.74) is 1.07. The molecule has 1 aliphatic heterocycles. The monoisotopic (exact) mass is 554 g/mol. The van der Waals surface area contributed by atoms with Crippen LogP contribution >= 0.6 is 0 Å². The van der Waals surface area contributed by atoms with Crippen molar-refractivity contribution >= 4 is 23.1 Å². The van der Waals surface area contributed by atoms with Crippen LogP contribution in [0, 0.1) is 12.7 Å². The molecule has 1 aromatic carbocycles. The number of amides is 1. The predicted octanol–water partition coefficient (Wildman–Crippen LogP) is 5.34. The number of anilines is 2. The predicted molar refractivity (Wildman–Crippen MR) is 142 cm³/mol. The van der Waals surface area contributed by atoms with Gasteiger partial charge in [-0.25, -0.2) is 23.1 Å². The topological polar surface area (TPSA) is 97.8 Å². The summed E-state index contributed by atoms with van der Waals surface area (Å²) in [6.45, 7) is 6.91. The Morgan fingerprint density at radius 1 is 1.15 bits per heavy atom. The highest BCUT2D eigenvalue weighted by molar-refractivity contribution is 6.02. The Morgan fingerprint density at radius 2 is 1.90 bits per heavy atom. The van der Waals surface area contributed by atoms with Crippen molar-refractivity contribution in [1.29, 1.82) is 0 Å². The fourth-order valence-electron chi connectivity index (χ4n) is 4.71. The summed E-state index contributed by atoms with van der Waals surface area (Å²) in [6, 6.07) is 6.79. The number of carbonyl (C=O) groups is 1. The Hall–Kier alpha value is -3.93. The van der Waals surface area contributed by atoms with E-state index in [-0.39, 0.29) is 17.3 Å². The molecule has 9 nitrogen and oxygen atoms in total. The van der Waals surface area contributed by atoms with E-state index in [2.05, 4.69) is 15.2 Å². The van der Waals surface area contributed by atoms with Crippen molar-refractivity contribution < 1.29 is 27.1 Å². The van der Waals surface area contributed by atoms with E-state index in [9.17, 15) is 13.6 Å². The number of carbonyl (C=O) groups excluding carboxylic acids is 1. The van der Waals surface area contributed by atoms with Crippen LogP contribution in [0.5, 0.6) is 0 Å². The molecule has 4 heterocycles. The number of alkyl halides is 2. The van der Waals surface area contributed by atoms with Crippen LogP contribution in [0.1, 0.15) is 60.4 Å². The van der Waals surface area contributed by atoms with E-state index in [0.717, 1.165) is 36.2 Å². The number of fused-ring (bicyclic) bond motifs is 1. The van der Waals surface area contributed by atoms with Crippen molar-refractivity contribution in [3.63, 3.8) is 0 Å². The Labute approximate surface area is 228 Å². The van der Waals surface area contributed by atoms with Crippen molar-refractivity contribution in [3.8, 4) is 11.1 Å². The highest BCUT2D eigenvalue weighted by Gasteiger charge is 2.37. The maximum atomic E-state index is 15.0. The van der Waals surface area contributed by atoms with Crippen LogP contribution in [0.4, 0.5) is 24.7 Å². The van der Waals surface area contributed by atoms with E-state index in [1.54, 1.807) is 13.0 Å². The number of rotatable bonds is 7. The normalized spacial score (nSPS) is 16.2. The molecule has 2 fully saturated rings. The van der Waals surface area contributed by atoms with Gasteiger partial charge in [0.25, 0.3) is 12.3 Å². The molecule has 210 valence electrons. The van der Waals surface area contributed by atoms with Crippen LogP contribution < -0.4 is 10.2 Å². The largest absolute Gasteiger partial charge is 0.435 e. The quantitative estimate of drug-likeness (QED) is 0.329. The minimum atomic E-state index is -2.75. The average Bonchev–Trinajstić information content (AvgIpc) is 3.48. The van der Waals surface area contributed by atoms with Gasteiger partial charge >= 0.3 is 0 Å². The van der Waals surface area contributed by atoms with Crippen LogP contribution in [0.3, 0.4) is 0 Å². The molecular formula is C28H29F3N6O3. The summed E-state index contributed by atoms with van der Waals surface area (Å²) in [6.07, 6.45) is 0.462. The van der Waals surface area contributed by atoms with E-state index >= 15 is 4.39 Å². The van der Waals surface area contributed by atoms with Gasteiger partial charge in [0, 0.05) is 19.0 Å². The van der Waals surface area contributed by atoms with Gasteiger partial charge < -0.3 is 19.4 Å². The number of halogens is 3. The zero-order valence-electron chi connectivity index (χ0n) is 22.4. The number of benzene rings is 1. The fourth-order valence-corrected chi connectivity index (χ4v) is 4.71. The van der Waals surface area contributed by atoms with Crippen LogP contribution in [-0.2, 0) is 10.2 Å². The maximum absolute atomic E-state index is 15.0. The third-order valence-electron chi connectivity index (χ3n) is 7.41. The van der Waals surface area contributed by atoms with Crippen molar-refractivity contribution in [3.05, 3.63) is 59.3 Å². The van der Waals surface area contributed by atoms with Gasteiger partial charge in [0.2, 0.25) is 11.7 Å². The lowest BCUT2D eigenvalue weighted by Gasteiger charge is -2.29. The second-order valence-corrected chi connectivity index (χ2v) is 10.9. The number of nitrogens with zero attached hydrogens (tertiary/aromatic N) is 5. The second kappa shape index (κ2) is 9.92. The molecule has 1 N–H and O–H groups in total. The second-order valence-electron chi connectivity index (χ2n) is 10.9. The van der Waals surface area contributed by atoms with Crippen LogP contribution in [0.15, 0.2) is 34.9 Å². The number of hydrogen-bond donors (Lipinski definition) is 1. The van der Waals surface area contributed by atoms with Crippen molar-refractivity contribution in [2.24, 2.45) is 0 Å². The third-order valence-corrected chi connectivity index (χ3v) is 7.41. The van der Waals surface area contributed by atoms with Gasteiger partial charge in [-0.05, 0) is 74.6 Å². The van der Waals surface area contributed by atoms with E-state index in [1.807, 2.05) is 16.6 Å². The van der Waals surface area contributed by atoms with Crippen LogP contribution in [-0.4, -0.2) is 58.2 Å². The van der Waals surface area contributed by atoms with Crippen molar-refractivity contribution in [2.75, 3.05) is 36.5 Å². The summed E-state index contributed by atoms with van der Waals surface area (Å²) in [7, 11) is 0. The maximum Gasteiger partial charge on any atom is 0.293 e. The van der Waals surface area contributed by atoms with E-state index in [4.69, 9.17) is 19.2 Å². The zero-order valence-corrected chi connectivity index (χ0v) is 22.4. The molecule has 0 bridgehead atoms. The first-order valence-corrected chi connectivity index (χ1v) is 13.2. The van der Waals surface area contributed by atoms with Crippen LogP contribution in [0.2, 0.25) is 0 Å². The minimum absolute atomic E-state index is 0.0791. The Bertz CT molecular complexity index is 1590. The van der Waals surface area contributed by atoms with Gasteiger partial charge in [-0.3, -0.25) is 4.79 Å². The van der Waals surface area contributed by atoms with Gasteiger partial charge in [0.05, 0.1) is 25.1 Å². The summed E-state index contributed by atoms with van der Waals surface area (Å²) < 4.78 is 54.5. The molecule has 0 unspecified atom stereocenters. The molecule has 0 atom stereocenters. The van der Waals surface area contributed by atoms with Crippen molar-refractivity contribution in [2.45, 2.75) is 51.4 Å². The Balaban J connectivity index is 1.36. The molecule has 1 saturated carbocycles. The van der Waals surface area contributed by atoms with Crippen molar-refractivity contribution in [1.82, 2.24) is 19.6 Å². The first kappa shape index (κ1) is 26.3. The Kier molecular flexibility index (Phi) is 6.52. The molecule has 12 heteroatoms. The number of nitrogens with one attached hydrogen (secondary N) is 1. The molecule has 40 heavy (non-hydrogen) atoms. The number of oxazole rings is 1. The van der Waals surface area contributed by atoms with Gasteiger partial charge in [-0.2, -0.15) is 4.52 Å². The molecule has 1 aliphatic carbocycles. The third kappa shape index (κ3) is 4.80. The molecule has 3 aromatic heterocycles. The molecule has 1 amide bonds. The minimum Gasteiger partial charge on any atom is -0.435 e. The molecule has 0 spiro atoms. The fraction of sp³-hybridized carbons (Fsp3) is 0.429. The molecule has 2 aliphatic rings. The van der Waals surface area contributed by atoms with Gasteiger partial charge in [0.15, 0.2) is 11.5 Å². The molecule has 6 rings (SSSR count). The Morgan fingerprint density at radius 3 is 2.60 bits per heavy atom. The summed E-state index contributed by atoms with van der Waals surface area (Å²) in [5.74, 6) is 0.0389. The zero-order chi connectivity index (χ0) is 28.2. The number of ether oxygens (including phenoxy) is 1. The highest BCUT2D eigenvalue weighted by atomic mass is 19.3. The van der Waals surface area contributed by atoms with Gasteiger partial charge in [-0.1, -0.05) is 0 Å². The molecule has 4 aromatic rings. The summed E-state index contributed by atoms with van der Waals surface area (Å²) >= 11 is 0. The molecule has 0 radical (unpaired) electrons. The lowest BCUT2D eigenvalue weighted by atomic mass is 9.94. The SMILES string of the molecule is Cc1cc(F)c(NC(=O)c2cnc(C(C)(C)C(F)F)o2)cc1-c1cc(N2CCOCC2)n2nc(C3CC3)nc2c1. The first-order chi connectivity index (χ1) is 19.1. The number of hydrogen-bond acceptors (Lipinski definition) is 7. The average molecular weight is 555 g/mol. The number of aromatic nitrogens is 4. The number of morpholine rings is 1. The number of aryl methyl sites for hydroxylation is 1. The standard InChI is InChI=1S/C28H29F3N6O3/c1-15-10-19(29)20(33-25(38)21-14-32-27(40-21)28(2,3)26(30)31)13-18(15)17-11-22-34-24(16-4-5-16)35-37(22)23(12-17)36-6-8-39-9-7-36/h10-14,16,26H,4-9H2,1-3H3,(H,33,38). The lowest BCUT2D eigenvalue weighted by molar-refractivity contribution is 0.0531. The first-order valence-electron chi connectivity index (χ1n) is 13.2.